The van der Waals surface area contributed by atoms with Crippen molar-refractivity contribution in [1.29, 1.82) is 0 Å². The second-order valence-electron chi connectivity index (χ2n) is 5.17. The molecule has 6 heteroatoms. The fraction of sp³-hybridized carbons (Fsp3) is 0.583. The summed E-state index contributed by atoms with van der Waals surface area (Å²) < 4.78 is 5.80. The van der Waals surface area contributed by atoms with Crippen LogP contribution in [-0.2, 0) is 0 Å². The number of ether oxygens (including phenoxy) is 1. The summed E-state index contributed by atoms with van der Waals surface area (Å²) in [6.45, 7) is 4.94. The molecule has 18 heavy (non-hydrogen) atoms. The number of hydrogen-bond acceptors (Lipinski definition) is 4. The van der Waals surface area contributed by atoms with Crippen LogP contribution in [0.1, 0.15) is 24.8 Å². The zero-order chi connectivity index (χ0) is 12.9. The average Bonchev–Trinajstić information content (AvgIpc) is 2.89. The van der Waals surface area contributed by atoms with Crippen molar-refractivity contribution in [2.45, 2.75) is 31.6 Å². The number of thiophene rings is 1. The molecule has 1 fully saturated rings. The normalized spacial score (nSPS) is 29.7. The molecule has 0 spiro atoms. The van der Waals surface area contributed by atoms with Gasteiger partial charge in [0.15, 0.2) is 0 Å². The van der Waals surface area contributed by atoms with Crippen LogP contribution < -0.4 is 10.1 Å². The fourth-order valence-electron chi connectivity index (χ4n) is 2.54. The molecule has 0 radical (unpaired) electrons. The predicted molar refractivity (Wildman–Crippen MR) is 67.9 cm³/mol. The van der Waals surface area contributed by atoms with Gasteiger partial charge in [-0.25, -0.2) is 4.79 Å². The van der Waals surface area contributed by atoms with Crippen molar-refractivity contribution in [3.05, 3.63) is 16.3 Å². The number of aliphatic hydroxyl groups excluding tert-OH is 1. The lowest BCUT2D eigenvalue weighted by Crippen LogP contribution is -2.53. The van der Waals surface area contributed by atoms with Crippen molar-refractivity contribution in [3.63, 3.8) is 0 Å². The van der Waals surface area contributed by atoms with Crippen LogP contribution in [-0.4, -0.2) is 40.8 Å². The molecule has 98 valence electrons. The summed E-state index contributed by atoms with van der Waals surface area (Å²) in [5.41, 5.74) is -0.693. The third kappa shape index (κ3) is 1.59. The number of urea groups is 1. The number of nitrogens with one attached hydrogen (secondary N) is 1. The lowest BCUT2D eigenvalue weighted by molar-refractivity contribution is -0.0805. The van der Waals surface area contributed by atoms with E-state index in [1.54, 1.807) is 4.90 Å². The van der Waals surface area contributed by atoms with Gasteiger partial charge >= 0.3 is 6.03 Å². The molecule has 2 N–H and O–H groups in total. The molecule has 0 aliphatic carbocycles. The molecule has 2 aliphatic heterocycles. The van der Waals surface area contributed by atoms with E-state index in [1.807, 2.05) is 25.3 Å². The molecule has 2 unspecified atom stereocenters. The molecule has 1 aromatic heterocycles. The highest BCUT2D eigenvalue weighted by atomic mass is 32.1. The van der Waals surface area contributed by atoms with Gasteiger partial charge in [0.25, 0.3) is 0 Å². The van der Waals surface area contributed by atoms with E-state index in [4.69, 9.17) is 4.74 Å². The van der Waals surface area contributed by atoms with E-state index in [0.29, 0.717) is 13.1 Å². The quantitative estimate of drug-likeness (QED) is 0.808. The van der Waals surface area contributed by atoms with Crippen LogP contribution in [0.2, 0.25) is 0 Å². The number of nitrogens with zero attached hydrogens (tertiary/aromatic N) is 1. The Balaban J connectivity index is 2.04. The zero-order valence-corrected chi connectivity index (χ0v) is 11.2. The largest absolute Gasteiger partial charge is 0.484 e. The molecular weight excluding hydrogens is 252 g/mol. The summed E-state index contributed by atoms with van der Waals surface area (Å²) in [5, 5.41) is 15.2. The van der Waals surface area contributed by atoms with Crippen molar-refractivity contribution in [1.82, 2.24) is 10.2 Å². The number of hydrogen-bond donors (Lipinski definition) is 2. The first-order chi connectivity index (χ1) is 8.50. The highest BCUT2D eigenvalue weighted by Crippen LogP contribution is 2.45. The standard InChI is InChI=1S/C12H16N2O3S/c1-12(2)10(15)8(14-5-4-13-11(14)16)9-7(17-12)3-6-18-9/h3,6,8,10,15H,4-5H2,1-2H3,(H,13,16). The van der Waals surface area contributed by atoms with Crippen molar-refractivity contribution < 1.29 is 14.6 Å². The summed E-state index contributed by atoms with van der Waals surface area (Å²) in [7, 11) is 0. The van der Waals surface area contributed by atoms with Gasteiger partial charge in [-0.1, -0.05) is 0 Å². The van der Waals surface area contributed by atoms with Crippen LogP contribution in [0.4, 0.5) is 4.79 Å². The van der Waals surface area contributed by atoms with Crippen LogP contribution in [0.3, 0.4) is 0 Å². The Morgan fingerprint density at radius 1 is 1.61 bits per heavy atom. The first kappa shape index (κ1) is 11.8. The summed E-state index contributed by atoms with van der Waals surface area (Å²) in [4.78, 5) is 14.5. The minimum Gasteiger partial charge on any atom is -0.484 e. The number of fused-ring (bicyclic) bond motifs is 1. The van der Waals surface area contributed by atoms with Gasteiger partial charge in [-0.05, 0) is 25.3 Å². The van der Waals surface area contributed by atoms with Crippen LogP contribution in [0.5, 0.6) is 5.75 Å². The van der Waals surface area contributed by atoms with Crippen molar-refractivity contribution >= 4 is 17.4 Å². The lowest BCUT2D eigenvalue weighted by Gasteiger charge is -2.43. The molecule has 0 saturated carbocycles. The highest BCUT2D eigenvalue weighted by molar-refractivity contribution is 7.10. The first-order valence-electron chi connectivity index (χ1n) is 5.99. The van der Waals surface area contributed by atoms with E-state index < -0.39 is 11.7 Å². The SMILES string of the molecule is CC1(C)Oc2ccsc2C(N2CCNC2=O)C1O. The van der Waals surface area contributed by atoms with Gasteiger partial charge in [0.05, 0.1) is 4.88 Å². The Labute approximate surface area is 109 Å². The molecule has 1 saturated heterocycles. The molecule has 0 bridgehead atoms. The van der Waals surface area contributed by atoms with E-state index in [-0.39, 0.29) is 12.1 Å². The third-order valence-electron chi connectivity index (χ3n) is 3.54. The van der Waals surface area contributed by atoms with Crippen LogP contribution in [0, 0.1) is 0 Å². The van der Waals surface area contributed by atoms with Gasteiger partial charge in [0.2, 0.25) is 0 Å². The van der Waals surface area contributed by atoms with E-state index in [9.17, 15) is 9.90 Å². The van der Waals surface area contributed by atoms with Crippen molar-refractivity contribution in [2.24, 2.45) is 0 Å². The summed E-state index contributed by atoms with van der Waals surface area (Å²) in [6.07, 6.45) is -0.729. The number of aliphatic hydroxyl groups is 1. The smallest absolute Gasteiger partial charge is 0.318 e. The molecule has 5 nitrogen and oxygen atoms in total. The summed E-state index contributed by atoms with van der Waals surface area (Å²) >= 11 is 1.52. The van der Waals surface area contributed by atoms with Gasteiger partial charge in [-0.2, -0.15) is 0 Å². The second kappa shape index (κ2) is 3.86. The van der Waals surface area contributed by atoms with Gasteiger partial charge < -0.3 is 20.1 Å². The molecular formula is C12H16N2O3S. The van der Waals surface area contributed by atoms with Crippen LogP contribution in [0.15, 0.2) is 11.4 Å². The van der Waals surface area contributed by atoms with Crippen molar-refractivity contribution in [3.8, 4) is 5.75 Å². The van der Waals surface area contributed by atoms with E-state index in [2.05, 4.69) is 5.32 Å². The van der Waals surface area contributed by atoms with Gasteiger partial charge in [-0.3, -0.25) is 0 Å². The summed E-state index contributed by atoms with van der Waals surface area (Å²) in [5.74, 6) is 0.778. The van der Waals surface area contributed by atoms with Crippen LogP contribution in [0.25, 0.3) is 0 Å². The maximum absolute atomic E-state index is 11.8. The van der Waals surface area contributed by atoms with Gasteiger partial charge in [-0.15, -0.1) is 11.3 Å². The Morgan fingerprint density at radius 3 is 3.06 bits per heavy atom. The molecule has 1 aromatic rings. The number of carbonyl (C=O) groups is 1. The Hall–Kier alpha value is -1.27. The Kier molecular flexibility index (Phi) is 2.53. The molecule has 3 rings (SSSR count). The molecule has 2 atom stereocenters. The maximum Gasteiger partial charge on any atom is 0.318 e. The predicted octanol–water partition coefficient (Wildman–Crippen LogP) is 1.35. The fourth-order valence-corrected chi connectivity index (χ4v) is 3.50. The van der Waals surface area contributed by atoms with E-state index in [1.165, 1.54) is 11.3 Å². The highest BCUT2D eigenvalue weighted by Gasteiger charge is 2.48. The topological polar surface area (TPSA) is 61.8 Å². The zero-order valence-electron chi connectivity index (χ0n) is 10.3. The minimum absolute atomic E-state index is 0.115. The minimum atomic E-state index is -0.729. The Bertz CT molecular complexity index is 485. The number of amides is 2. The molecule has 2 amide bonds. The van der Waals surface area contributed by atoms with Gasteiger partial charge in [0.1, 0.15) is 23.5 Å². The molecule has 3 heterocycles. The first-order valence-corrected chi connectivity index (χ1v) is 6.87. The monoisotopic (exact) mass is 268 g/mol. The maximum atomic E-state index is 11.8. The van der Waals surface area contributed by atoms with Gasteiger partial charge in [0, 0.05) is 13.1 Å². The van der Waals surface area contributed by atoms with E-state index >= 15 is 0 Å². The molecule has 2 aliphatic rings. The lowest BCUT2D eigenvalue weighted by atomic mass is 9.90. The number of carbonyl (C=O) groups excluding carboxylic acids is 1. The summed E-state index contributed by atoms with van der Waals surface area (Å²) in [6, 6.07) is 1.47. The second-order valence-corrected chi connectivity index (χ2v) is 6.12. The number of rotatable bonds is 1. The average molecular weight is 268 g/mol. The molecule has 0 aromatic carbocycles. The van der Waals surface area contributed by atoms with Crippen LogP contribution >= 0.6 is 11.3 Å². The van der Waals surface area contributed by atoms with E-state index in [0.717, 1.165) is 10.6 Å². The third-order valence-corrected chi connectivity index (χ3v) is 4.50. The Morgan fingerprint density at radius 2 is 2.39 bits per heavy atom. The van der Waals surface area contributed by atoms with Crippen molar-refractivity contribution in [2.75, 3.05) is 13.1 Å².